The molecule has 0 fully saturated rings. The summed E-state index contributed by atoms with van der Waals surface area (Å²) in [4.78, 5) is 24.0. The summed E-state index contributed by atoms with van der Waals surface area (Å²) in [6.45, 7) is 0. The molecule has 2 heterocycles. The smallest absolute Gasteiger partial charge is 0.394 e. The first-order chi connectivity index (χ1) is 12.4. The lowest BCUT2D eigenvalue weighted by Gasteiger charge is -2.10. The van der Waals surface area contributed by atoms with Crippen LogP contribution >= 0.6 is 0 Å². The average molecular weight is 400 g/mol. The highest BCUT2D eigenvalue weighted by Crippen LogP contribution is 2.44. The van der Waals surface area contributed by atoms with Gasteiger partial charge in [-0.05, 0) is 12.1 Å². The minimum Gasteiger partial charge on any atom is -0.504 e. The quantitative estimate of drug-likeness (QED) is 0.104. The average Bonchev–Trinajstić information content (AvgIpc) is 2.53. The molecule has 2 aromatic carbocycles. The van der Waals surface area contributed by atoms with Crippen LogP contribution in [-0.4, -0.2) is 37.9 Å². The van der Waals surface area contributed by atoms with Gasteiger partial charge in [0.15, 0.2) is 22.7 Å². The maximum atomic E-state index is 12.0. The van der Waals surface area contributed by atoms with Gasteiger partial charge in [-0.3, -0.25) is 9.11 Å². The molecular weight excluding hydrogens is 392 g/mol. The molecular formula is C14H8O12S. The zero-order valence-electron chi connectivity index (χ0n) is 12.7. The number of phenolic OH excluding ortho intramolecular Hbond substituents is 4. The summed E-state index contributed by atoms with van der Waals surface area (Å²) < 4.78 is 41.5. The fraction of sp³-hybridized carbons (Fsp3) is 0. The van der Waals surface area contributed by atoms with Gasteiger partial charge < -0.3 is 29.3 Å². The van der Waals surface area contributed by atoms with Gasteiger partial charge in [0.2, 0.25) is 11.5 Å². The standard InChI is InChI=1S/C14H6O8.H2O4S/c15-5-1-3-7-8-4(14(20)22-11(7)9(5)17)2-6(16)10(18)12(8)21-13(3)19;1-5(2,3)4/h1-2,15-18H;(H2,1,2,3,4). The van der Waals surface area contributed by atoms with E-state index in [0.717, 1.165) is 12.1 Å². The zero-order chi connectivity index (χ0) is 20.3. The first-order valence-corrected chi connectivity index (χ1v) is 8.12. The molecule has 0 bridgehead atoms. The summed E-state index contributed by atoms with van der Waals surface area (Å²) in [5.41, 5.74) is -2.70. The molecule has 0 aliphatic heterocycles. The highest BCUT2D eigenvalue weighted by Gasteiger charge is 2.24. The molecule has 4 aromatic rings. The van der Waals surface area contributed by atoms with E-state index in [1.165, 1.54) is 0 Å². The van der Waals surface area contributed by atoms with Crippen molar-refractivity contribution in [3.8, 4) is 23.0 Å². The topological polar surface area (TPSA) is 216 Å². The van der Waals surface area contributed by atoms with Crippen molar-refractivity contribution in [2.45, 2.75) is 0 Å². The molecule has 2 aromatic heterocycles. The summed E-state index contributed by atoms with van der Waals surface area (Å²) in [7, 11) is -4.67. The second kappa shape index (κ2) is 5.73. The van der Waals surface area contributed by atoms with Crippen LogP contribution in [0.15, 0.2) is 30.6 Å². The molecule has 13 heteroatoms. The van der Waals surface area contributed by atoms with Crippen molar-refractivity contribution in [2.75, 3.05) is 0 Å². The largest absolute Gasteiger partial charge is 0.504 e. The van der Waals surface area contributed by atoms with Crippen LogP contribution in [0.5, 0.6) is 23.0 Å². The minimum atomic E-state index is -4.67. The van der Waals surface area contributed by atoms with Gasteiger partial charge in [0.1, 0.15) is 0 Å². The Morgan fingerprint density at radius 3 is 1.30 bits per heavy atom. The van der Waals surface area contributed by atoms with Crippen LogP contribution in [0.2, 0.25) is 0 Å². The first-order valence-electron chi connectivity index (χ1n) is 6.72. The third kappa shape index (κ3) is 2.95. The van der Waals surface area contributed by atoms with Crippen LogP contribution in [-0.2, 0) is 10.4 Å². The predicted octanol–water partition coefficient (Wildman–Crippen LogP) is 0.660. The monoisotopic (exact) mass is 400 g/mol. The van der Waals surface area contributed by atoms with Crippen molar-refractivity contribution < 1.29 is 46.8 Å². The summed E-state index contributed by atoms with van der Waals surface area (Å²) in [5.74, 6) is -2.75. The van der Waals surface area contributed by atoms with Crippen molar-refractivity contribution in [1.82, 2.24) is 0 Å². The summed E-state index contributed by atoms with van der Waals surface area (Å²) in [5, 5.41) is 38.7. The molecule has 0 saturated heterocycles. The van der Waals surface area contributed by atoms with E-state index in [-0.39, 0.29) is 21.5 Å². The van der Waals surface area contributed by atoms with Crippen molar-refractivity contribution in [3.63, 3.8) is 0 Å². The molecule has 142 valence electrons. The lowest BCUT2D eigenvalue weighted by atomic mass is 10.0. The van der Waals surface area contributed by atoms with Crippen LogP contribution < -0.4 is 11.3 Å². The van der Waals surface area contributed by atoms with E-state index < -0.39 is 55.8 Å². The van der Waals surface area contributed by atoms with Gasteiger partial charge >= 0.3 is 21.7 Å². The van der Waals surface area contributed by atoms with Crippen LogP contribution in [0.25, 0.3) is 32.7 Å². The SMILES string of the molecule is O=S(=O)(O)O.O=c1oc2c(O)c(O)cc3c(=O)oc4c(O)c(O)cc1c4c23. The third-order valence-electron chi connectivity index (χ3n) is 3.55. The van der Waals surface area contributed by atoms with Gasteiger partial charge in [0.25, 0.3) is 0 Å². The number of phenols is 4. The van der Waals surface area contributed by atoms with Crippen molar-refractivity contribution in [3.05, 3.63) is 33.0 Å². The highest BCUT2D eigenvalue weighted by atomic mass is 32.3. The Kier molecular flexibility index (Phi) is 3.87. The molecule has 0 aliphatic carbocycles. The lowest BCUT2D eigenvalue weighted by Crippen LogP contribution is -2.06. The second-order valence-corrected chi connectivity index (χ2v) is 6.11. The summed E-state index contributed by atoms with van der Waals surface area (Å²) >= 11 is 0. The third-order valence-corrected chi connectivity index (χ3v) is 3.55. The molecule has 12 nitrogen and oxygen atoms in total. The Hall–Kier alpha value is -3.55. The Labute approximate surface area is 146 Å². The van der Waals surface area contributed by atoms with Gasteiger partial charge in [-0.15, -0.1) is 0 Å². The molecule has 4 rings (SSSR count). The molecule has 0 unspecified atom stereocenters. The molecule has 6 N–H and O–H groups in total. The van der Waals surface area contributed by atoms with E-state index in [4.69, 9.17) is 26.4 Å². The Morgan fingerprint density at radius 2 is 1.00 bits per heavy atom. The maximum Gasteiger partial charge on any atom is 0.394 e. The van der Waals surface area contributed by atoms with Gasteiger partial charge in [-0.1, -0.05) is 0 Å². The molecule has 0 amide bonds. The molecule has 0 radical (unpaired) electrons. The fourth-order valence-electron chi connectivity index (χ4n) is 2.58. The van der Waals surface area contributed by atoms with E-state index in [1.54, 1.807) is 0 Å². The molecule has 0 aliphatic rings. The highest BCUT2D eigenvalue weighted by molar-refractivity contribution is 7.79. The Balaban J connectivity index is 0.000000376. The van der Waals surface area contributed by atoms with Crippen LogP contribution in [0.4, 0.5) is 0 Å². The van der Waals surface area contributed by atoms with Crippen LogP contribution in [0.3, 0.4) is 0 Å². The van der Waals surface area contributed by atoms with E-state index in [2.05, 4.69) is 0 Å². The van der Waals surface area contributed by atoms with Gasteiger partial charge in [-0.25, -0.2) is 9.59 Å². The van der Waals surface area contributed by atoms with Crippen molar-refractivity contribution >= 4 is 43.1 Å². The van der Waals surface area contributed by atoms with E-state index in [9.17, 15) is 30.0 Å². The lowest BCUT2D eigenvalue weighted by molar-refractivity contribution is 0.381. The van der Waals surface area contributed by atoms with Crippen molar-refractivity contribution in [2.24, 2.45) is 0 Å². The molecule has 0 saturated carbocycles. The maximum absolute atomic E-state index is 12.0. The van der Waals surface area contributed by atoms with Gasteiger partial charge in [-0.2, -0.15) is 8.42 Å². The molecule has 27 heavy (non-hydrogen) atoms. The Morgan fingerprint density at radius 1 is 0.704 bits per heavy atom. The summed E-state index contributed by atoms with van der Waals surface area (Å²) in [6, 6.07) is 1.93. The van der Waals surface area contributed by atoms with Gasteiger partial charge in [0, 0.05) is 10.8 Å². The van der Waals surface area contributed by atoms with E-state index in [0.29, 0.717) is 0 Å². The fourth-order valence-corrected chi connectivity index (χ4v) is 2.58. The second-order valence-electron chi connectivity index (χ2n) is 5.22. The number of hydrogen-bond acceptors (Lipinski definition) is 10. The van der Waals surface area contributed by atoms with Crippen molar-refractivity contribution in [1.29, 1.82) is 0 Å². The molecule has 0 atom stereocenters. The number of benzene rings is 2. The normalized spacial score (nSPS) is 11.8. The number of rotatable bonds is 0. The van der Waals surface area contributed by atoms with E-state index >= 15 is 0 Å². The molecule has 0 spiro atoms. The van der Waals surface area contributed by atoms with Gasteiger partial charge in [0.05, 0.1) is 10.8 Å². The zero-order valence-corrected chi connectivity index (χ0v) is 13.5. The minimum absolute atomic E-state index is 0.00597. The van der Waals surface area contributed by atoms with Crippen LogP contribution in [0, 0.1) is 0 Å². The van der Waals surface area contributed by atoms with Crippen LogP contribution in [0.1, 0.15) is 0 Å². The predicted molar refractivity (Wildman–Crippen MR) is 88.1 cm³/mol. The number of hydrogen-bond donors (Lipinski definition) is 6. The summed E-state index contributed by atoms with van der Waals surface area (Å²) in [6.07, 6.45) is 0. The first kappa shape index (κ1) is 18.2. The Bertz CT molecular complexity index is 1320. The van der Waals surface area contributed by atoms with E-state index in [1.807, 2.05) is 0 Å². The number of aromatic hydroxyl groups is 4.